The van der Waals surface area contributed by atoms with Crippen LogP contribution in [0.15, 0.2) is 21.5 Å². The van der Waals surface area contributed by atoms with Crippen LogP contribution < -0.4 is 16.4 Å². The van der Waals surface area contributed by atoms with Crippen LogP contribution in [-0.4, -0.2) is 53.2 Å². The van der Waals surface area contributed by atoms with Gasteiger partial charge in [-0.05, 0) is 27.7 Å². The second-order valence-electron chi connectivity index (χ2n) is 6.29. The van der Waals surface area contributed by atoms with Crippen molar-refractivity contribution in [2.45, 2.75) is 45.6 Å². The minimum absolute atomic E-state index is 0.0234. The molecule has 10 heteroatoms. The fourth-order valence-electron chi connectivity index (χ4n) is 1.97. The topological polar surface area (TPSA) is 148 Å². The number of carbonyl (C=O) groups excluding carboxylic acids is 2. The number of ether oxygens (including phenoxy) is 2. The number of Topliss-reactive ketones (excluding diaryl/α,β-unsaturated/α-hetero) is 1. The van der Waals surface area contributed by atoms with Crippen LogP contribution in [0.1, 0.15) is 27.7 Å². The first-order valence-corrected chi connectivity index (χ1v) is 7.34. The Labute approximate surface area is 138 Å². The molecule has 0 aromatic rings. The lowest BCUT2D eigenvalue weighted by Crippen LogP contribution is -2.48. The molecule has 10 nitrogen and oxygen atoms in total. The van der Waals surface area contributed by atoms with Gasteiger partial charge in [0.25, 0.3) is 0 Å². The molecule has 0 bridgehead atoms. The van der Waals surface area contributed by atoms with Crippen LogP contribution in [0, 0.1) is 0 Å². The van der Waals surface area contributed by atoms with E-state index in [0.29, 0.717) is 5.82 Å². The second kappa shape index (κ2) is 6.48. The van der Waals surface area contributed by atoms with E-state index in [1.807, 2.05) is 0 Å². The molecular weight excluding hydrogens is 318 g/mol. The number of aliphatic hydroxyl groups excluding tert-OH is 1. The van der Waals surface area contributed by atoms with Crippen molar-refractivity contribution in [3.63, 3.8) is 0 Å². The van der Waals surface area contributed by atoms with Gasteiger partial charge in [-0.2, -0.15) is 0 Å². The third-order valence-corrected chi connectivity index (χ3v) is 2.95. The highest BCUT2D eigenvalue weighted by Crippen LogP contribution is 2.21. The number of carbonyl (C=O) groups is 2. The van der Waals surface area contributed by atoms with Gasteiger partial charge < -0.3 is 30.9 Å². The van der Waals surface area contributed by atoms with Crippen LogP contribution in [0.3, 0.4) is 0 Å². The van der Waals surface area contributed by atoms with Crippen molar-refractivity contribution in [1.29, 1.82) is 0 Å². The zero-order valence-electron chi connectivity index (χ0n) is 13.9. The number of hydrogen-bond donors (Lipinski definition) is 4. The number of nitrogens with zero attached hydrogens (tertiary/aromatic N) is 2. The van der Waals surface area contributed by atoms with E-state index in [1.165, 1.54) is 6.92 Å². The summed E-state index contributed by atoms with van der Waals surface area (Å²) in [6, 6.07) is 0. The van der Waals surface area contributed by atoms with Crippen molar-refractivity contribution in [2.75, 3.05) is 6.54 Å². The van der Waals surface area contributed by atoms with E-state index in [2.05, 4.69) is 20.6 Å². The highest BCUT2D eigenvalue weighted by molar-refractivity contribution is 6.42. The molecule has 24 heavy (non-hydrogen) atoms. The molecule has 0 saturated heterocycles. The number of rotatable bonds is 3. The first-order valence-electron chi connectivity index (χ1n) is 7.34. The molecule has 0 spiro atoms. The quantitative estimate of drug-likeness (QED) is 0.496. The number of nitrogens with one attached hydrogen (secondary N) is 2. The van der Waals surface area contributed by atoms with E-state index in [9.17, 15) is 14.7 Å². The lowest BCUT2D eigenvalue weighted by atomic mass is 10.1. The molecule has 0 aromatic heterocycles. The molecule has 2 aliphatic heterocycles. The minimum atomic E-state index is -1.19. The Balaban J connectivity index is 2.23. The van der Waals surface area contributed by atoms with Crippen LogP contribution in [0.4, 0.5) is 4.79 Å². The molecule has 0 amide bonds. The van der Waals surface area contributed by atoms with Gasteiger partial charge in [-0.25, -0.2) is 14.8 Å². The Bertz CT molecular complexity index is 644. The first-order chi connectivity index (χ1) is 11.1. The molecular formula is C14H21N5O5. The Hall–Kier alpha value is -2.62. The highest BCUT2D eigenvalue weighted by Gasteiger charge is 2.33. The summed E-state index contributed by atoms with van der Waals surface area (Å²) in [5, 5.41) is 15.1. The van der Waals surface area contributed by atoms with Gasteiger partial charge in [-0.15, -0.1) is 0 Å². The van der Waals surface area contributed by atoms with E-state index in [-0.39, 0.29) is 23.9 Å². The molecule has 1 unspecified atom stereocenters. The van der Waals surface area contributed by atoms with Crippen molar-refractivity contribution in [3.8, 4) is 0 Å². The van der Waals surface area contributed by atoms with Gasteiger partial charge in [0.2, 0.25) is 12.0 Å². The SMILES string of the molecule is C[C@H](O)C(=O)C1=NC2=C(NC1)NC(N)=NC2OC(=O)OC(C)(C)C. The molecule has 0 fully saturated rings. The number of ketones is 1. The number of guanidine groups is 1. The summed E-state index contributed by atoms with van der Waals surface area (Å²) in [7, 11) is 0. The molecule has 2 aliphatic rings. The summed E-state index contributed by atoms with van der Waals surface area (Å²) in [5.74, 6) is -0.138. The van der Waals surface area contributed by atoms with Crippen LogP contribution in [0.5, 0.6) is 0 Å². The first kappa shape index (κ1) is 17.7. The van der Waals surface area contributed by atoms with Crippen LogP contribution >= 0.6 is 0 Å². The zero-order valence-corrected chi connectivity index (χ0v) is 13.9. The third kappa shape index (κ3) is 4.22. The van der Waals surface area contributed by atoms with Gasteiger partial charge >= 0.3 is 6.16 Å². The molecule has 5 N–H and O–H groups in total. The van der Waals surface area contributed by atoms with Crippen LogP contribution in [-0.2, 0) is 14.3 Å². The second-order valence-corrected chi connectivity index (χ2v) is 6.29. The van der Waals surface area contributed by atoms with E-state index in [0.717, 1.165) is 0 Å². The van der Waals surface area contributed by atoms with Crippen molar-refractivity contribution >= 4 is 23.6 Å². The van der Waals surface area contributed by atoms with E-state index >= 15 is 0 Å². The van der Waals surface area contributed by atoms with Gasteiger partial charge in [-0.1, -0.05) is 0 Å². The Morgan fingerprint density at radius 3 is 2.67 bits per heavy atom. The number of hydrogen-bond acceptors (Lipinski definition) is 10. The average molecular weight is 339 g/mol. The third-order valence-electron chi connectivity index (χ3n) is 2.95. The maximum absolute atomic E-state index is 11.9. The summed E-state index contributed by atoms with van der Waals surface area (Å²) >= 11 is 0. The Kier molecular flexibility index (Phi) is 4.78. The molecule has 2 heterocycles. The lowest BCUT2D eigenvalue weighted by molar-refractivity contribution is -0.119. The summed E-state index contributed by atoms with van der Waals surface area (Å²) in [4.78, 5) is 31.9. The minimum Gasteiger partial charge on any atom is -0.429 e. The predicted molar refractivity (Wildman–Crippen MR) is 85.0 cm³/mol. The zero-order chi connectivity index (χ0) is 18.1. The molecule has 0 aliphatic carbocycles. The van der Waals surface area contributed by atoms with Gasteiger partial charge in [0.1, 0.15) is 28.9 Å². The summed E-state index contributed by atoms with van der Waals surface area (Å²) in [6.07, 6.45) is -3.30. The van der Waals surface area contributed by atoms with E-state index in [4.69, 9.17) is 15.2 Å². The van der Waals surface area contributed by atoms with E-state index in [1.54, 1.807) is 20.8 Å². The van der Waals surface area contributed by atoms with Gasteiger partial charge in [-0.3, -0.25) is 4.79 Å². The number of nitrogens with two attached hydrogens (primary N) is 1. The predicted octanol–water partition coefficient (Wildman–Crippen LogP) is -0.655. The summed E-state index contributed by atoms with van der Waals surface area (Å²) < 4.78 is 10.2. The lowest BCUT2D eigenvalue weighted by Gasteiger charge is -2.29. The van der Waals surface area contributed by atoms with Crippen molar-refractivity contribution in [1.82, 2.24) is 10.6 Å². The number of aliphatic imine (C=N–C) groups is 2. The van der Waals surface area contributed by atoms with Crippen molar-refractivity contribution in [3.05, 3.63) is 11.5 Å². The molecule has 2 rings (SSSR count). The van der Waals surface area contributed by atoms with Gasteiger partial charge in [0, 0.05) is 0 Å². The normalized spacial score (nSPS) is 21.5. The monoisotopic (exact) mass is 339 g/mol. The summed E-state index contributed by atoms with van der Waals surface area (Å²) in [6.45, 7) is 6.52. The standard InChI is InChI=1S/C14H21N5O5/c1-6(20)9(21)7-5-16-10-8(17-7)11(19-12(15)18-10)23-13(22)24-14(2,3)4/h6,11,16,20H,5H2,1-4H3,(H3,15,18,19)/t6-,11?/m0/s1. The van der Waals surface area contributed by atoms with Gasteiger partial charge in [0.05, 0.1) is 6.54 Å². The Morgan fingerprint density at radius 2 is 2.08 bits per heavy atom. The maximum atomic E-state index is 11.9. The van der Waals surface area contributed by atoms with Crippen molar-refractivity contribution < 1.29 is 24.2 Å². The van der Waals surface area contributed by atoms with Crippen LogP contribution in [0.2, 0.25) is 0 Å². The molecule has 0 aromatic carbocycles. The maximum Gasteiger partial charge on any atom is 0.511 e. The molecule has 132 valence electrons. The van der Waals surface area contributed by atoms with Gasteiger partial charge in [0.15, 0.2) is 5.96 Å². The molecule has 0 radical (unpaired) electrons. The smallest absolute Gasteiger partial charge is 0.429 e. The fourth-order valence-corrected chi connectivity index (χ4v) is 1.97. The Morgan fingerprint density at radius 1 is 1.42 bits per heavy atom. The summed E-state index contributed by atoms with van der Waals surface area (Å²) in [5.41, 5.74) is 5.18. The molecule has 0 saturated carbocycles. The van der Waals surface area contributed by atoms with E-state index < -0.39 is 29.9 Å². The number of aliphatic hydroxyl groups is 1. The average Bonchev–Trinajstić information content (AvgIpc) is 2.43. The fraction of sp³-hybridized carbons (Fsp3) is 0.571. The van der Waals surface area contributed by atoms with Crippen LogP contribution in [0.25, 0.3) is 0 Å². The molecule has 2 atom stereocenters. The highest BCUT2D eigenvalue weighted by atomic mass is 16.7. The van der Waals surface area contributed by atoms with Crippen molar-refractivity contribution in [2.24, 2.45) is 15.7 Å². The largest absolute Gasteiger partial charge is 0.511 e.